The predicted octanol–water partition coefficient (Wildman–Crippen LogP) is 3.62. The summed E-state index contributed by atoms with van der Waals surface area (Å²) in [6.07, 6.45) is 7.90. The van der Waals surface area contributed by atoms with Crippen LogP contribution in [0.4, 0.5) is 17.5 Å². The van der Waals surface area contributed by atoms with E-state index in [9.17, 15) is 5.26 Å². The third kappa shape index (κ3) is 4.98. The van der Waals surface area contributed by atoms with Crippen LogP contribution < -0.4 is 11.1 Å². The number of nitrogens with zero attached hydrogens (tertiary/aromatic N) is 6. The SMILES string of the molecule is N#Cc1cc(-c2ccnc(Nc3ccc(CN4CCOCC4)nc3)n2)c(N)nc1C1CCCC1. The number of aromatic nitrogens is 4. The van der Waals surface area contributed by atoms with Gasteiger partial charge in [0.25, 0.3) is 0 Å². The van der Waals surface area contributed by atoms with E-state index in [0.717, 1.165) is 62.8 Å². The number of morpholine rings is 1. The van der Waals surface area contributed by atoms with Crippen LogP contribution in [0.1, 0.15) is 48.6 Å². The number of pyridine rings is 2. The molecule has 3 aromatic rings. The van der Waals surface area contributed by atoms with Crippen LogP contribution in [0.5, 0.6) is 0 Å². The topological polar surface area (TPSA) is 126 Å². The molecule has 4 heterocycles. The maximum Gasteiger partial charge on any atom is 0.227 e. The van der Waals surface area contributed by atoms with Gasteiger partial charge < -0.3 is 15.8 Å². The summed E-state index contributed by atoms with van der Waals surface area (Å²) in [5.41, 5.74) is 10.8. The van der Waals surface area contributed by atoms with Crippen LogP contribution in [0.25, 0.3) is 11.3 Å². The van der Waals surface area contributed by atoms with Gasteiger partial charge in [0, 0.05) is 37.3 Å². The zero-order valence-corrected chi connectivity index (χ0v) is 19.1. The van der Waals surface area contributed by atoms with Crippen LogP contribution in [0.3, 0.4) is 0 Å². The van der Waals surface area contributed by atoms with Crippen LogP contribution in [0.2, 0.25) is 0 Å². The fourth-order valence-corrected chi connectivity index (χ4v) is 4.63. The van der Waals surface area contributed by atoms with Crippen molar-refractivity contribution in [3.8, 4) is 17.3 Å². The fraction of sp³-hybridized carbons (Fsp3) is 0.400. The van der Waals surface area contributed by atoms with Crippen LogP contribution in [-0.2, 0) is 11.3 Å². The molecule has 1 saturated carbocycles. The first kappa shape index (κ1) is 22.2. The summed E-state index contributed by atoms with van der Waals surface area (Å²) in [5, 5.41) is 12.9. The third-order valence-electron chi connectivity index (χ3n) is 6.45. The van der Waals surface area contributed by atoms with E-state index in [2.05, 4.69) is 36.2 Å². The summed E-state index contributed by atoms with van der Waals surface area (Å²) < 4.78 is 5.40. The molecule has 3 N–H and O–H groups in total. The maximum absolute atomic E-state index is 9.72. The maximum atomic E-state index is 9.72. The Labute approximate surface area is 199 Å². The number of nitriles is 1. The fourth-order valence-electron chi connectivity index (χ4n) is 4.63. The van der Waals surface area contributed by atoms with Crippen molar-refractivity contribution in [3.05, 3.63) is 53.6 Å². The van der Waals surface area contributed by atoms with E-state index in [1.807, 2.05) is 18.2 Å². The third-order valence-corrected chi connectivity index (χ3v) is 6.45. The second-order valence-corrected chi connectivity index (χ2v) is 8.76. The van der Waals surface area contributed by atoms with Gasteiger partial charge in [0.2, 0.25) is 5.95 Å². The molecule has 2 aliphatic rings. The zero-order chi connectivity index (χ0) is 23.3. The van der Waals surface area contributed by atoms with Crippen molar-refractivity contribution in [1.82, 2.24) is 24.8 Å². The van der Waals surface area contributed by atoms with Crippen molar-refractivity contribution < 1.29 is 4.74 Å². The van der Waals surface area contributed by atoms with Crippen molar-refractivity contribution in [2.45, 2.75) is 38.1 Å². The molecule has 5 rings (SSSR count). The molecule has 0 radical (unpaired) electrons. The lowest BCUT2D eigenvalue weighted by Crippen LogP contribution is -2.35. The molecule has 1 aliphatic heterocycles. The van der Waals surface area contributed by atoms with E-state index in [0.29, 0.717) is 34.5 Å². The molecule has 0 spiro atoms. The van der Waals surface area contributed by atoms with E-state index in [1.54, 1.807) is 18.5 Å². The minimum Gasteiger partial charge on any atom is -0.383 e. The molecule has 1 saturated heterocycles. The van der Waals surface area contributed by atoms with Crippen molar-refractivity contribution >= 4 is 17.5 Å². The highest BCUT2D eigenvalue weighted by Gasteiger charge is 2.23. The lowest BCUT2D eigenvalue weighted by atomic mass is 9.97. The van der Waals surface area contributed by atoms with Gasteiger partial charge in [0.1, 0.15) is 11.9 Å². The van der Waals surface area contributed by atoms with E-state index >= 15 is 0 Å². The first-order valence-electron chi connectivity index (χ1n) is 11.8. The van der Waals surface area contributed by atoms with Gasteiger partial charge in [0.05, 0.1) is 47.7 Å². The second kappa shape index (κ2) is 10.1. The van der Waals surface area contributed by atoms with E-state index in [4.69, 9.17) is 10.5 Å². The Morgan fingerprint density at radius 1 is 1.12 bits per heavy atom. The van der Waals surface area contributed by atoms with Crippen molar-refractivity contribution in [2.75, 3.05) is 37.4 Å². The van der Waals surface area contributed by atoms with Crippen molar-refractivity contribution in [2.24, 2.45) is 0 Å². The molecule has 9 heteroatoms. The lowest BCUT2D eigenvalue weighted by molar-refractivity contribution is 0.0336. The lowest BCUT2D eigenvalue weighted by Gasteiger charge is -2.26. The molecule has 0 unspecified atom stereocenters. The summed E-state index contributed by atoms with van der Waals surface area (Å²) in [6, 6.07) is 9.86. The second-order valence-electron chi connectivity index (χ2n) is 8.76. The normalized spacial score (nSPS) is 16.9. The number of nitrogens with one attached hydrogen (secondary N) is 1. The standard InChI is InChI=1S/C25H28N8O/c26-14-18-13-21(24(27)32-23(18)17-3-1-2-4-17)22-7-8-28-25(31-22)30-19-5-6-20(29-15-19)16-33-9-11-34-12-10-33/h5-8,13,15,17H,1-4,9-12,16H2,(H2,27,32)(H,28,30,31). The molecule has 0 bridgehead atoms. The smallest absolute Gasteiger partial charge is 0.227 e. The molecular weight excluding hydrogens is 428 g/mol. The van der Waals surface area contributed by atoms with Gasteiger partial charge in [0.15, 0.2) is 0 Å². The highest BCUT2D eigenvalue weighted by Crippen LogP contribution is 2.37. The molecular formula is C25H28N8O. The molecule has 3 aromatic heterocycles. The molecule has 34 heavy (non-hydrogen) atoms. The van der Waals surface area contributed by atoms with Crippen LogP contribution in [0.15, 0.2) is 36.7 Å². The molecule has 9 nitrogen and oxygen atoms in total. The summed E-state index contributed by atoms with van der Waals surface area (Å²) in [7, 11) is 0. The van der Waals surface area contributed by atoms with Gasteiger partial charge in [-0.05, 0) is 37.1 Å². The first-order valence-corrected chi connectivity index (χ1v) is 11.8. The minimum absolute atomic E-state index is 0.312. The number of rotatable bonds is 6. The summed E-state index contributed by atoms with van der Waals surface area (Å²) in [4.78, 5) is 20.5. The molecule has 1 aliphatic carbocycles. The van der Waals surface area contributed by atoms with Crippen molar-refractivity contribution in [3.63, 3.8) is 0 Å². The molecule has 0 amide bonds. The minimum atomic E-state index is 0.312. The summed E-state index contributed by atoms with van der Waals surface area (Å²) in [6.45, 7) is 4.20. The molecule has 2 fully saturated rings. The van der Waals surface area contributed by atoms with Gasteiger partial charge in [-0.3, -0.25) is 9.88 Å². The Balaban J connectivity index is 1.32. The molecule has 0 atom stereocenters. The number of ether oxygens (including phenoxy) is 1. The average molecular weight is 457 g/mol. The molecule has 0 aromatic carbocycles. The van der Waals surface area contributed by atoms with Crippen LogP contribution >= 0.6 is 0 Å². The van der Waals surface area contributed by atoms with Gasteiger partial charge in [-0.15, -0.1) is 0 Å². The average Bonchev–Trinajstić information content (AvgIpc) is 3.41. The first-order chi connectivity index (χ1) is 16.7. The Morgan fingerprint density at radius 2 is 1.94 bits per heavy atom. The van der Waals surface area contributed by atoms with Crippen molar-refractivity contribution in [1.29, 1.82) is 5.26 Å². The van der Waals surface area contributed by atoms with Gasteiger partial charge in [-0.25, -0.2) is 15.0 Å². The Morgan fingerprint density at radius 3 is 2.68 bits per heavy atom. The monoisotopic (exact) mass is 456 g/mol. The van der Waals surface area contributed by atoms with E-state index in [-0.39, 0.29) is 0 Å². The largest absolute Gasteiger partial charge is 0.383 e. The number of hydrogen-bond acceptors (Lipinski definition) is 9. The van der Waals surface area contributed by atoms with E-state index < -0.39 is 0 Å². The number of hydrogen-bond donors (Lipinski definition) is 2. The number of nitrogen functional groups attached to an aromatic ring is 1. The highest BCUT2D eigenvalue weighted by molar-refractivity contribution is 5.73. The Hall–Kier alpha value is -3.61. The van der Waals surface area contributed by atoms with Gasteiger partial charge >= 0.3 is 0 Å². The predicted molar refractivity (Wildman–Crippen MR) is 129 cm³/mol. The Kier molecular flexibility index (Phi) is 6.60. The summed E-state index contributed by atoms with van der Waals surface area (Å²) >= 11 is 0. The molecule has 174 valence electrons. The highest BCUT2D eigenvalue weighted by atomic mass is 16.5. The van der Waals surface area contributed by atoms with Crippen LogP contribution in [-0.4, -0.2) is 51.1 Å². The van der Waals surface area contributed by atoms with Gasteiger partial charge in [-0.1, -0.05) is 12.8 Å². The van der Waals surface area contributed by atoms with Gasteiger partial charge in [-0.2, -0.15) is 5.26 Å². The quantitative estimate of drug-likeness (QED) is 0.572. The van der Waals surface area contributed by atoms with E-state index in [1.165, 1.54) is 12.8 Å². The zero-order valence-electron chi connectivity index (χ0n) is 19.1. The van der Waals surface area contributed by atoms with Crippen LogP contribution in [0, 0.1) is 11.3 Å². The number of anilines is 3. The summed E-state index contributed by atoms with van der Waals surface area (Å²) in [5.74, 6) is 1.13. The Bertz CT molecular complexity index is 1180. The number of nitrogens with two attached hydrogens (primary N) is 1.